The maximum Gasteiger partial charge on any atom is 0.330 e. The van der Waals surface area contributed by atoms with Crippen LogP contribution in [0, 0.1) is 0 Å². The average Bonchev–Trinajstić information content (AvgIpc) is 2.93. The Morgan fingerprint density at radius 3 is 1.64 bits per heavy atom. The summed E-state index contributed by atoms with van der Waals surface area (Å²) >= 11 is 0. The van der Waals surface area contributed by atoms with Crippen molar-refractivity contribution in [1.82, 2.24) is 5.32 Å². The first-order chi connectivity index (χ1) is 19.2. The van der Waals surface area contributed by atoms with E-state index in [4.69, 9.17) is 9.47 Å². The lowest BCUT2D eigenvalue weighted by Gasteiger charge is -2.05. The van der Waals surface area contributed by atoms with Crippen molar-refractivity contribution in [3.8, 4) is 0 Å². The second-order valence-electron chi connectivity index (χ2n) is 10.5. The Bertz CT molecular complexity index is 627. The number of esters is 2. The highest BCUT2D eigenvalue weighted by molar-refractivity contribution is 5.81. The van der Waals surface area contributed by atoms with Crippen LogP contribution in [0.3, 0.4) is 0 Å². The van der Waals surface area contributed by atoms with Crippen LogP contribution >= 0.6 is 0 Å². The van der Waals surface area contributed by atoms with E-state index in [1.54, 1.807) is 6.08 Å². The van der Waals surface area contributed by atoms with E-state index in [2.05, 4.69) is 31.3 Å². The van der Waals surface area contributed by atoms with Gasteiger partial charge >= 0.3 is 11.9 Å². The first-order valence-corrected chi connectivity index (χ1v) is 16.2. The van der Waals surface area contributed by atoms with Crippen molar-refractivity contribution in [1.29, 1.82) is 0 Å². The summed E-state index contributed by atoms with van der Waals surface area (Å²) in [5.74, 6) is -0.317. The number of ether oxygens (including phenoxy) is 2. The van der Waals surface area contributed by atoms with Gasteiger partial charge < -0.3 is 14.8 Å². The molecule has 0 fully saturated rings. The summed E-state index contributed by atoms with van der Waals surface area (Å²) in [4.78, 5) is 23.4. The van der Waals surface area contributed by atoms with Gasteiger partial charge in [-0.2, -0.15) is 0 Å². The normalized spacial score (nSPS) is 11.7. The van der Waals surface area contributed by atoms with Gasteiger partial charge in [-0.3, -0.25) is 4.79 Å². The summed E-state index contributed by atoms with van der Waals surface area (Å²) in [6.07, 6.45) is 34.4. The minimum Gasteiger partial charge on any atom is -0.461 e. The molecule has 0 aromatic heterocycles. The largest absolute Gasteiger partial charge is 0.461 e. The van der Waals surface area contributed by atoms with Crippen LogP contribution in [0.25, 0.3) is 0 Å². The van der Waals surface area contributed by atoms with Gasteiger partial charge in [0, 0.05) is 12.5 Å². The van der Waals surface area contributed by atoms with Crippen LogP contribution in [-0.4, -0.2) is 38.2 Å². The number of hydrogen-bond donors (Lipinski definition) is 1. The van der Waals surface area contributed by atoms with Crippen LogP contribution in [0.1, 0.15) is 142 Å². The molecule has 0 rings (SSSR count). The summed E-state index contributed by atoms with van der Waals surface area (Å²) in [5, 5.41) is 3.52. The summed E-state index contributed by atoms with van der Waals surface area (Å²) in [5.41, 5.74) is 0. The number of hydrogen-bond acceptors (Lipinski definition) is 5. The van der Waals surface area contributed by atoms with E-state index >= 15 is 0 Å². The lowest BCUT2D eigenvalue weighted by molar-refractivity contribution is -0.142. The molecule has 0 saturated carbocycles. The van der Waals surface area contributed by atoms with Crippen LogP contribution in [0.4, 0.5) is 0 Å². The molecule has 0 heterocycles. The molecule has 0 unspecified atom stereocenters. The molecule has 0 aliphatic carbocycles. The lowest BCUT2D eigenvalue weighted by atomic mass is 10.1. The van der Waals surface area contributed by atoms with Gasteiger partial charge in [0.25, 0.3) is 0 Å². The van der Waals surface area contributed by atoms with E-state index in [-0.39, 0.29) is 11.9 Å². The number of rotatable bonds is 29. The second kappa shape index (κ2) is 32.3. The summed E-state index contributed by atoms with van der Waals surface area (Å²) in [6, 6.07) is 0. The van der Waals surface area contributed by atoms with Crippen molar-refractivity contribution < 1.29 is 19.1 Å². The SMILES string of the molecule is CCCCCC/C=C\COC(=O)/C=C/CCCCCNCCCCCCCC(=O)OC/C=C\CCCCCC. The maximum atomic E-state index is 11.8. The number of carbonyl (C=O) groups excluding carboxylic acids is 2. The fraction of sp³-hybridized carbons (Fsp3) is 0.765. The number of unbranched alkanes of at least 4 members (excludes halogenated alkanes) is 15. The van der Waals surface area contributed by atoms with Crippen LogP contribution in [0.2, 0.25) is 0 Å². The van der Waals surface area contributed by atoms with Crippen molar-refractivity contribution in [2.75, 3.05) is 26.3 Å². The van der Waals surface area contributed by atoms with Crippen LogP contribution < -0.4 is 5.32 Å². The zero-order valence-corrected chi connectivity index (χ0v) is 25.6. The third-order valence-electron chi connectivity index (χ3n) is 6.66. The van der Waals surface area contributed by atoms with Gasteiger partial charge in [-0.05, 0) is 70.9 Å². The molecule has 226 valence electrons. The Hall–Kier alpha value is -1.88. The smallest absolute Gasteiger partial charge is 0.330 e. The zero-order valence-electron chi connectivity index (χ0n) is 25.6. The predicted molar refractivity (Wildman–Crippen MR) is 166 cm³/mol. The van der Waals surface area contributed by atoms with Gasteiger partial charge in [-0.1, -0.05) is 108 Å². The van der Waals surface area contributed by atoms with Crippen molar-refractivity contribution in [2.45, 2.75) is 142 Å². The third kappa shape index (κ3) is 32.2. The Kier molecular flexibility index (Phi) is 30.8. The van der Waals surface area contributed by atoms with Gasteiger partial charge in [0.1, 0.15) is 13.2 Å². The minimum atomic E-state index is -0.247. The van der Waals surface area contributed by atoms with E-state index in [0.29, 0.717) is 19.6 Å². The topological polar surface area (TPSA) is 64.6 Å². The fourth-order valence-corrected chi connectivity index (χ4v) is 4.18. The Morgan fingerprint density at radius 1 is 0.538 bits per heavy atom. The van der Waals surface area contributed by atoms with Crippen molar-refractivity contribution in [3.63, 3.8) is 0 Å². The summed E-state index contributed by atoms with van der Waals surface area (Å²) < 4.78 is 10.4. The number of carbonyl (C=O) groups is 2. The Labute approximate surface area is 241 Å². The molecular weight excluding hydrogens is 486 g/mol. The lowest BCUT2D eigenvalue weighted by Crippen LogP contribution is -2.16. The van der Waals surface area contributed by atoms with Gasteiger partial charge in [-0.15, -0.1) is 0 Å². The van der Waals surface area contributed by atoms with Crippen LogP contribution in [-0.2, 0) is 19.1 Å². The average molecular weight is 548 g/mol. The van der Waals surface area contributed by atoms with E-state index < -0.39 is 0 Å². The van der Waals surface area contributed by atoms with Gasteiger partial charge in [0.2, 0.25) is 0 Å². The maximum absolute atomic E-state index is 11.8. The fourth-order valence-electron chi connectivity index (χ4n) is 4.18. The molecular formula is C34H61NO4. The van der Waals surface area contributed by atoms with Crippen molar-refractivity contribution in [3.05, 3.63) is 36.5 Å². The summed E-state index contributed by atoms with van der Waals surface area (Å²) in [7, 11) is 0. The van der Waals surface area contributed by atoms with E-state index in [1.807, 2.05) is 18.2 Å². The first-order valence-electron chi connectivity index (χ1n) is 16.2. The van der Waals surface area contributed by atoms with Gasteiger partial charge in [-0.25, -0.2) is 4.79 Å². The minimum absolute atomic E-state index is 0.0704. The Morgan fingerprint density at radius 2 is 1.03 bits per heavy atom. The molecule has 0 bridgehead atoms. The molecule has 0 saturated heterocycles. The van der Waals surface area contributed by atoms with Gasteiger partial charge in [0.15, 0.2) is 0 Å². The van der Waals surface area contributed by atoms with E-state index in [9.17, 15) is 9.59 Å². The molecule has 0 amide bonds. The molecule has 0 aliphatic heterocycles. The Balaban J connectivity index is 3.33. The van der Waals surface area contributed by atoms with Gasteiger partial charge in [0.05, 0.1) is 0 Å². The molecule has 0 spiro atoms. The molecule has 1 N–H and O–H groups in total. The van der Waals surface area contributed by atoms with Crippen LogP contribution in [0.15, 0.2) is 36.5 Å². The summed E-state index contributed by atoms with van der Waals surface area (Å²) in [6.45, 7) is 7.34. The molecule has 0 radical (unpaired) electrons. The van der Waals surface area contributed by atoms with E-state index in [0.717, 1.165) is 64.5 Å². The van der Waals surface area contributed by atoms with E-state index in [1.165, 1.54) is 70.6 Å². The molecule has 0 atom stereocenters. The zero-order chi connectivity index (χ0) is 28.5. The molecule has 0 aromatic rings. The highest BCUT2D eigenvalue weighted by Crippen LogP contribution is 2.07. The third-order valence-corrected chi connectivity index (χ3v) is 6.66. The molecule has 0 aliphatic rings. The standard InChI is InChI=1S/C34H61NO4/c1-3-5-7-9-11-19-25-31-38-33(36)27-21-15-13-17-23-29-35-30-24-18-14-16-22-28-34(37)39-32-26-20-12-10-8-6-4-2/h19-21,25-27,35H,3-18,22-24,28-32H2,1-2H3/b25-19-,26-20-,27-21+. The molecule has 39 heavy (non-hydrogen) atoms. The molecule has 5 nitrogen and oxygen atoms in total. The second-order valence-corrected chi connectivity index (χ2v) is 10.5. The number of nitrogens with one attached hydrogen (secondary N) is 1. The predicted octanol–water partition coefficient (Wildman–Crippen LogP) is 9.17. The first kappa shape index (κ1) is 37.1. The highest BCUT2D eigenvalue weighted by atomic mass is 16.5. The monoisotopic (exact) mass is 547 g/mol. The quantitative estimate of drug-likeness (QED) is 0.0438. The molecule has 0 aromatic carbocycles. The highest BCUT2D eigenvalue weighted by Gasteiger charge is 2.01. The van der Waals surface area contributed by atoms with Crippen LogP contribution in [0.5, 0.6) is 0 Å². The van der Waals surface area contributed by atoms with Crippen molar-refractivity contribution >= 4 is 11.9 Å². The number of allylic oxidation sites excluding steroid dienone is 3. The molecule has 5 heteroatoms. The van der Waals surface area contributed by atoms with Crippen molar-refractivity contribution in [2.24, 2.45) is 0 Å².